The topological polar surface area (TPSA) is 143 Å². The molecular weight excluding hydrogens is 308 g/mol. The smallest absolute Gasteiger partial charge is 0.407 e. The number of nitrogens with two attached hydrogens (primary N) is 1. The number of rotatable bonds is 8. The van der Waals surface area contributed by atoms with E-state index in [0.29, 0.717) is 0 Å². The Morgan fingerprint density at radius 1 is 1.17 bits per heavy atom. The summed E-state index contributed by atoms with van der Waals surface area (Å²) < 4.78 is 5.03. The highest BCUT2D eigenvalue weighted by molar-refractivity contribution is 5.80. The number of carbonyl (C=O) groups is 3. The zero-order chi connectivity index (χ0) is 18.0. The van der Waals surface area contributed by atoms with Crippen molar-refractivity contribution in [2.24, 2.45) is 5.90 Å². The molecule has 0 rings (SSSR count). The fourth-order valence-corrected chi connectivity index (χ4v) is 1.43. The molecule has 10 heteroatoms. The molecule has 23 heavy (non-hydrogen) atoms. The first-order valence-corrected chi connectivity index (χ1v) is 7.14. The van der Waals surface area contributed by atoms with Crippen LogP contribution >= 0.6 is 0 Å². The summed E-state index contributed by atoms with van der Waals surface area (Å²) in [6.45, 7) is 6.97. The van der Waals surface area contributed by atoms with Crippen LogP contribution in [-0.2, 0) is 14.4 Å². The minimum absolute atomic E-state index is 0.0629. The summed E-state index contributed by atoms with van der Waals surface area (Å²) in [5.74, 6) is 4.43. The molecule has 0 bridgehead atoms. The molecule has 0 spiro atoms. The minimum atomic E-state index is -1.16. The van der Waals surface area contributed by atoms with Crippen molar-refractivity contribution in [1.29, 1.82) is 0 Å². The number of amides is 3. The third-order valence-electron chi connectivity index (χ3n) is 2.57. The van der Waals surface area contributed by atoms with E-state index in [2.05, 4.69) is 15.5 Å². The van der Waals surface area contributed by atoms with Crippen molar-refractivity contribution in [2.75, 3.05) is 26.2 Å². The van der Waals surface area contributed by atoms with Crippen LogP contribution in [-0.4, -0.2) is 66.0 Å². The maximum absolute atomic E-state index is 11.4. The summed E-state index contributed by atoms with van der Waals surface area (Å²) in [5.41, 5.74) is -0.622. The van der Waals surface area contributed by atoms with Crippen LogP contribution in [0.2, 0.25) is 0 Å². The van der Waals surface area contributed by atoms with E-state index in [1.54, 1.807) is 20.8 Å². The monoisotopic (exact) mass is 334 g/mol. The summed E-state index contributed by atoms with van der Waals surface area (Å²) in [5, 5.41) is 14.0. The molecule has 0 saturated carbocycles. The lowest BCUT2D eigenvalue weighted by Gasteiger charge is -2.22. The van der Waals surface area contributed by atoms with Crippen molar-refractivity contribution >= 4 is 18.1 Å². The van der Waals surface area contributed by atoms with E-state index in [-0.39, 0.29) is 26.2 Å². The number of nitrogens with zero attached hydrogens (tertiary/aromatic N) is 1. The second-order valence-electron chi connectivity index (χ2n) is 5.77. The summed E-state index contributed by atoms with van der Waals surface area (Å²) in [7, 11) is 0. The molecule has 0 aliphatic carbocycles. The van der Waals surface area contributed by atoms with Crippen LogP contribution in [0, 0.1) is 0 Å². The van der Waals surface area contributed by atoms with Crippen LogP contribution in [0.5, 0.6) is 0 Å². The SMILES string of the molecule is CC(ON)C(=O)NCCN(CCNC(=O)OC(C)(C)C)C(=O)O. The van der Waals surface area contributed by atoms with Gasteiger partial charge in [0.25, 0.3) is 5.91 Å². The van der Waals surface area contributed by atoms with Crippen LogP contribution in [0.25, 0.3) is 0 Å². The number of ether oxygens (including phenoxy) is 1. The van der Waals surface area contributed by atoms with E-state index in [0.717, 1.165) is 4.90 Å². The van der Waals surface area contributed by atoms with E-state index >= 15 is 0 Å². The molecule has 0 fully saturated rings. The van der Waals surface area contributed by atoms with Gasteiger partial charge in [0.05, 0.1) is 0 Å². The van der Waals surface area contributed by atoms with Gasteiger partial charge in [0, 0.05) is 26.2 Å². The number of carboxylic acid groups (broad SMARTS) is 1. The second-order valence-corrected chi connectivity index (χ2v) is 5.77. The Labute approximate surface area is 135 Å². The predicted octanol–water partition coefficient (Wildman–Crippen LogP) is -0.114. The van der Waals surface area contributed by atoms with E-state index in [9.17, 15) is 14.4 Å². The highest BCUT2D eigenvalue weighted by Gasteiger charge is 2.17. The summed E-state index contributed by atoms with van der Waals surface area (Å²) in [4.78, 5) is 39.3. The van der Waals surface area contributed by atoms with Crippen molar-refractivity contribution in [3.05, 3.63) is 0 Å². The van der Waals surface area contributed by atoms with Gasteiger partial charge in [-0.05, 0) is 27.7 Å². The van der Waals surface area contributed by atoms with E-state index < -0.39 is 29.8 Å². The van der Waals surface area contributed by atoms with Crippen LogP contribution in [0.1, 0.15) is 27.7 Å². The lowest BCUT2D eigenvalue weighted by Crippen LogP contribution is -2.44. The largest absolute Gasteiger partial charge is 0.465 e. The number of hydrogen-bond donors (Lipinski definition) is 4. The summed E-state index contributed by atoms with van der Waals surface area (Å²) in [6.07, 6.45) is -2.60. The molecule has 0 aromatic rings. The van der Waals surface area contributed by atoms with Crippen LogP contribution in [0.4, 0.5) is 9.59 Å². The molecule has 3 amide bonds. The van der Waals surface area contributed by atoms with Crippen LogP contribution < -0.4 is 16.5 Å². The fourth-order valence-electron chi connectivity index (χ4n) is 1.43. The highest BCUT2D eigenvalue weighted by atomic mass is 16.6. The summed E-state index contributed by atoms with van der Waals surface area (Å²) >= 11 is 0. The van der Waals surface area contributed by atoms with Crippen LogP contribution in [0.15, 0.2) is 0 Å². The first kappa shape index (κ1) is 20.9. The number of carbonyl (C=O) groups excluding carboxylic acids is 2. The molecule has 0 aromatic carbocycles. The molecule has 1 unspecified atom stereocenters. The van der Waals surface area contributed by atoms with Crippen molar-refractivity contribution < 1.29 is 29.1 Å². The van der Waals surface area contributed by atoms with Crippen LogP contribution in [0.3, 0.4) is 0 Å². The minimum Gasteiger partial charge on any atom is -0.465 e. The first-order valence-electron chi connectivity index (χ1n) is 7.14. The molecule has 5 N–H and O–H groups in total. The van der Waals surface area contributed by atoms with E-state index in [1.807, 2.05) is 0 Å². The molecule has 0 aliphatic heterocycles. The number of nitrogens with one attached hydrogen (secondary N) is 2. The third-order valence-corrected chi connectivity index (χ3v) is 2.57. The van der Waals surface area contributed by atoms with Crippen molar-refractivity contribution in [3.8, 4) is 0 Å². The van der Waals surface area contributed by atoms with Gasteiger partial charge >= 0.3 is 12.2 Å². The molecule has 0 aromatic heterocycles. The Hall–Kier alpha value is -2.07. The van der Waals surface area contributed by atoms with Crippen molar-refractivity contribution in [3.63, 3.8) is 0 Å². The molecule has 0 aliphatic rings. The van der Waals surface area contributed by atoms with Gasteiger partial charge in [-0.15, -0.1) is 0 Å². The normalized spacial score (nSPS) is 12.2. The van der Waals surface area contributed by atoms with E-state index in [1.165, 1.54) is 6.92 Å². The van der Waals surface area contributed by atoms with Gasteiger partial charge in [-0.2, -0.15) is 0 Å². The van der Waals surface area contributed by atoms with E-state index in [4.69, 9.17) is 15.7 Å². The second kappa shape index (κ2) is 9.85. The molecule has 0 radical (unpaired) electrons. The number of hydrogen-bond acceptors (Lipinski definition) is 6. The third kappa shape index (κ3) is 10.3. The zero-order valence-electron chi connectivity index (χ0n) is 13.9. The first-order chi connectivity index (χ1) is 10.6. The Balaban J connectivity index is 4.11. The lowest BCUT2D eigenvalue weighted by atomic mass is 10.2. The Morgan fingerprint density at radius 3 is 2.13 bits per heavy atom. The van der Waals surface area contributed by atoms with Crippen molar-refractivity contribution in [2.45, 2.75) is 39.4 Å². The van der Waals surface area contributed by atoms with Gasteiger partial charge in [0.15, 0.2) is 6.10 Å². The summed E-state index contributed by atoms with van der Waals surface area (Å²) in [6, 6.07) is 0. The Kier molecular flexibility index (Phi) is 8.96. The van der Waals surface area contributed by atoms with Gasteiger partial charge in [-0.1, -0.05) is 0 Å². The van der Waals surface area contributed by atoms with Gasteiger partial charge in [0.1, 0.15) is 5.60 Å². The van der Waals surface area contributed by atoms with Gasteiger partial charge in [-0.3, -0.25) is 9.63 Å². The Bertz CT molecular complexity index is 410. The Morgan fingerprint density at radius 2 is 1.70 bits per heavy atom. The maximum Gasteiger partial charge on any atom is 0.407 e. The molecule has 10 nitrogen and oxygen atoms in total. The molecule has 0 saturated heterocycles. The van der Waals surface area contributed by atoms with Gasteiger partial charge in [-0.25, -0.2) is 15.5 Å². The molecule has 1 atom stereocenters. The standard InChI is InChI=1S/C13H26N4O6/c1-9(23-14)10(18)15-5-7-17(12(20)21)8-6-16-11(19)22-13(2,3)4/h9H,5-8,14H2,1-4H3,(H,15,18)(H,16,19)(H,20,21). The zero-order valence-corrected chi connectivity index (χ0v) is 13.9. The average molecular weight is 334 g/mol. The lowest BCUT2D eigenvalue weighted by molar-refractivity contribution is -0.132. The molecule has 0 heterocycles. The van der Waals surface area contributed by atoms with Crippen molar-refractivity contribution in [1.82, 2.24) is 15.5 Å². The molecular formula is C13H26N4O6. The number of alkyl carbamates (subject to hydrolysis) is 1. The van der Waals surface area contributed by atoms with Gasteiger partial charge in [0.2, 0.25) is 0 Å². The highest BCUT2D eigenvalue weighted by Crippen LogP contribution is 2.06. The quantitative estimate of drug-likeness (QED) is 0.453. The predicted molar refractivity (Wildman–Crippen MR) is 81.6 cm³/mol. The molecule has 134 valence electrons. The maximum atomic E-state index is 11.4. The average Bonchev–Trinajstić information content (AvgIpc) is 2.42. The van der Waals surface area contributed by atoms with Gasteiger partial charge < -0.3 is 25.4 Å². The fraction of sp³-hybridized carbons (Fsp3) is 0.769.